The van der Waals surface area contributed by atoms with Crippen molar-refractivity contribution in [2.45, 2.75) is 12.8 Å². The van der Waals surface area contributed by atoms with E-state index >= 15 is 0 Å². The van der Waals surface area contributed by atoms with Crippen molar-refractivity contribution >= 4 is 17.4 Å². The van der Waals surface area contributed by atoms with Gasteiger partial charge in [-0.15, -0.1) is 0 Å². The lowest BCUT2D eigenvalue weighted by Gasteiger charge is -2.04. The van der Waals surface area contributed by atoms with E-state index in [4.69, 9.17) is 11.6 Å². The van der Waals surface area contributed by atoms with Crippen LogP contribution in [0.5, 0.6) is 0 Å². The Morgan fingerprint density at radius 2 is 1.58 bits per heavy atom. The zero-order valence-corrected chi connectivity index (χ0v) is 10.8. The fourth-order valence-corrected chi connectivity index (χ4v) is 2.00. The van der Waals surface area contributed by atoms with Gasteiger partial charge in [0.2, 0.25) is 0 Å². The summed E-state index contributed by atoms with van der Waals surface area (Å²) in [6.45, 7) is 0. The highest BCUT2D eigenvalue weighted by Crippen LogP contribution is 2.18. The number of benzene rings is 2. The third-order valence-electron chi connectivity index (χ3n) is 2.72. The molecule has 19 heavy (non-hydrogen) atoms. The van der Waals surface area contributed by atoms with Gasteiger partial charge in [-0.3, -0.25) is 4.79 Å². The molecule has 0 fully saturated rings. The average Bonchev–Trinajstić information content (AvgIpc) is 2.36. The number of hydrogen-bond donors (Lipinski definition) is 0. The first-order valence-corrected chi connectivity index (χ1v) is 6.12. The zero-order valence-electron chi connectivity index (χ0n) is 10.00. The smallest absolute Gasteiger partial charge is 0.141 e. The lowest BCUT2D eigenvalue weighted by atomic mass is 10.0. The van der Waals surface area contributed by atoms with Crippen molar-refractivity contribution in [1.82, 2.24) is 0 Å². The second-order valence-electron chi connectivity index (χ2n) is 4.25. The van der Waals surface area contributed by atoms with Gasteiger partial charge in [0.1, 0.15) is 17.4 Å². The summed E-state index contributed by atoms with van der Waals surface area (Å²) in [4.78, 5) is 11.9. The molecule has 1 nitrogen and oxygen atoms in total. The predicted molar refractivity (Wildman–Crippen MR) is 70.2 cm³/mol. The van der Waals surface area contributed by atoms with E-state index in [0.29, 0.717) is 5.56 Å². The summed E-state index contributed by atoms with van der Waals surface area (Å²) < 4.78 is 25.6. The summed E-state index contributed by atoms with van der Waals surface area (Å²) in [7, 11) is 0. The molecule has 0 unspecified atom stereocenters. The van der Waals surface area contributed by atoms with Gasteiger partial charge in [0.15, 0.2) is 0 Å². The van der Waals surface area contributed by atoms with Gasteiger partial charge in [0.05, 0.1) is 0 Å². The lowest BCUT2D eigenvalue weighted by molar-refractivity contribution is -0.117. The van der Waals surface area contributed by atoms with Crippen LogP contribution in [0, 0.1) is 11.6 Å². The predicted octanol–water partition coefficient (Wildman–Crippen LogP) is 3.97. The minimum atomic E-state index is -0.431. The van der Waals surface area contributed by atoms with Crippen molar-refractivity contribution < 1.29 is 13.6 Å². The molecule has 0 radical (unpaired) electrons. The topological polar surface area (TPSA) is 17.1 Å². The molecule has 0 atom stereocenters. The Labute approximate surface area is 114 Å². The van der Waals surface area contributed by atoms with Gasteiger partial charge >= 0.3 is 0 Å². The van der Waals surface area contributed by atoms with Gasteiger partial charge in [-0.05, 0) is 35.4 Å². The second-order valence-corrected chi connectivity index (χ2v) is 4.66. The van der Waals surface area contributed by atoms with Gasteiger partial charge in [0, 0.05) is 17.9 Å². The minimum absolute atomic E-state index is 0.0554. The monoisotopic (exact) mass is 280 g/mol. The fraction of sp³-hybridized carbons (Fsp3) is 0.133. The first-order chi connectivity index (χ1) is 9.04. The molecule has 0 aliphatic rings. The van der Waals surface area contributed by atoms with Gasteiger partial charge in [-0.1, -0.05) is 29.8 Å². The van der Waals surface area contributed by atoms with E-state index in [1.807, 2.05) is 0 Å². The van der Waals surface area contributed by atoms with Gasteiger partial charge in [-0.25, -0.2) is 8.78 Å². The molecule has 2 aromatic rings. The quantitative estimate of drug-likeness (QED) is 0.828. The van der Waals surface area contributed by atoms with Crippen LogP contribution in [0.3, 0.4) is 0 Å². The summed E-state index contributed by atoms with van der Waals surface area (Å²) in [6, 6.07) is 9.72. The third-order valence-corrected chi connectivity index (χ3v) is 3.07. The first kappa shape index (κ1) is 13.7. The summed E-state index contributed by atoms with van der Waals surface area (Å²) in [5.74, 6) is -0.822. The maximum Gasteiger partial charge on any atom is 0.141 e. The minimum Gasteiger partial charge on any atom is -0.299 e. The summed E-state index contributed by atoms with van der Waals surface area (Å²) >= 11 is 5.86. The van der Waals surface area contributed by atoms with E-state index in [2.05, 4.69) is 0 Å². The summed E-state index contributed by atoms with van der Waals surface area (Å²) in [5.41, 5.74) is 1.33. The number of hydrogen-bond acceptors (Lipinski definition) is 1. The van der Waals surface area contributed by atoms with Crippen LogP contribution in [-0.4, -0.2) is 5.78 Å². The van der Waals surface area contributed by atoms with E-state index in [1.54, 1.807) is 12.1 Å². The molecule has 2 rings (SSSR count). The van der Waals surface area contributed by atoms with Crippen LogP contribution < -0.4 is 0 Å². The maximum absolute atomic E-state index is 12.9. The average molecular weight is 281 g/mol. The molecule has 4 heteroatoms. The van der Waals surface area contributed by atoms with E-state index < -0.39 is 5.82 Å². The molecule has 98 valence electrons. The van der Waals surface area contributed by atoms with Gasteiger partial charge in [-0.2, -0.15) is 0 Å². The second kappa shape index (κ2) is 5.93. The van der Waals surface area contributed by atoms with Crippen molar-refractivity contribution in [1.29, 1.82) is 0 Å². The van der Waals surface area contributed by atoms with Crippen LogP contribution in [0.4, 0.5) is 8.78 Å². The Morgan fingerprint density at radius 1 is 0.947 bits per heavy atom. The van der Waals surface area contributed by atoms with E-state index in [-0.39, 0.29) is 29.5 Å². The highest BCUT2D eigenvalue weighted by molar-refractivity contribution is 6.31. The normalized spacial score (nSPS) is 10.5. The van der Waals surface area contributed by atoms with Crippen LogP contribution in [0.1, 0.15) is 11.1 Å². The number of rotatable bonds is 4. The number of ketones is 1. The van der Waals surface area contributed by atoms with Crippen molar-refractivity contribution in [2.24, 2.45) is 0 Å². The fourth-order valence-electron chi connectivity index (χ4n) is 1.77. The molecule has 0 aliphatic heterocycles. The van der Waals surface area contributed by atoms with E-state index in [9.17, 15) is 13.6 Å². The van der Waals surface area contributed by atoms with Crippen LogP contribution >= 0.6 is 11.6 Å². The lowest BCUT2D eigenvalue weighted by Crippen LogP contribution is -2.07. The molecular weight excluding hydrogens is 270 g/mol. The van der Waals surface area contributed by atoms with Crippen molar-refractivity contribution in [2.75, 3.05) is 0 Å². The van der Waals surface area contributed by atoms with Gasteiger partial charge < -0.3 is 0 Å². The number of Topliss-reactive ketones (excluding diaryl/α,β-unsaturated/α-hetero) is 1. The van der Waals surface area contributed by atoms with Crippen LogP contribution in [0.25, 0.3) is 0 Å². The highest BCUT2D eigenvalue weighted by Gasteiger charge is 2.09. The number of carbonyl (C=O) groups is 1. The Morgan fingerprint density at radius 3 is 2.21 bits per heavy atom. The molecule has 2 aromatic carbocycles. The number of halogens is 3. The third kappa shape index (κ3) is 3.86. The molecule has 0 N–H and O–H groups in total. The van der Waals surface area contributed by atoms with E-state index in [1.165, 1.54) is 30.3 Å². The van der Waals surface area contributed by atoms with Crippen LogP contribution in [0.2, 0.25) is 5.02 Å². The molecule has 0 aliphatic carbocycles. The molecule has 0 aromatic heterocycles. The van der Waals surface area contributed by atoms with Crippen LogP contribution in [-0.2, 0) is 17.6 Å². The SMILES string of the molecule is O=C(Cc1ccc(F)cc1)Cc1ccc(F)cc1Cl. The molecule has 0 heterocycles. The molecule has 0 saturated heterocycles. The standard InChI is InChI=1S/C15H11ClF2O/c16-15-9-13(18)6-3-11(15)8-14(19)7-10-1-4-12(17)5-2-10/h1-6,9H,7-8H2. The number of carbonyl (C=O) groups excluding carboxylic acids is 1. The summed E-state index contributed by atoms with van der Waals surface area (Å²) in [5, 5.41) is 0.243. The highest BCUT2D eigenvalue weighted by atomic mass is 35.5. The van der Waals surface area contributed by atoms with E-state index in [0.717, 1.165) is 5.56 Å². The Kier molecular flexibility index (Phi) is 4.27. The Hall–Kier alpha value is -1.74. The summed E-state index contributed by atoms with van der Waals surface area (Å²) in [6.07, 6.45) is 0.338. The molecule has 0 amide bonds. The maximum atomic E-state index is 12.9. The Balaban J connectivity index is 2.03. The van der Waals surface area contributed by atoms with Crippen molar-refractivity contribution in [3.63, 3.8) is 0 Å². The van der Waals surface area contributed by atoms with Crippen molar-refractivity contribution in [3.8, 4) is 0 Å². The van der Waals surface area contributed by atoms with Crippen LogP contribution in [0.15, 0.2) is 42.5 Å². The first-order valence-electron chi connectivity index (χ1n) is 5.74. The molecule has 0 spiro atoms. The largest absolute Gasteiger partial charge is 0.299 e. The van der Waals surface area contributed by atoms with Crippen molar-refractivity contribution in [3.05, 3.63) is 70.2 Å². The zero-order chi connectivity index (χ0) is 13.8. The molecular formula is C15H11ClF2O. The van der Waals surface area contributed by atoms with Gasteiger partial charge in [0.25, 0.3) is 0 Å². The Bertz CT molecular complexity index is 594. The molecule has 0 bridgehead atoms. The molecule has 0 saturated carbocycles.